The fourth-order valence-corrected chi connectivity index (χ4v) is 2.60. The van der Waals surface area contributed by atoms with E-state index in [0.29, 0.717) is 24.5 Å². The lowest BCUT2D eigenvalue weighted by Crippen LogP contribution is -2.32. The highest BCUT2D eigenvalue weighted by molar-refractivity contribution is 5.94. The molecule has 0 aliphatic heterocycles. The quantitative estimate of drug-likeness (QED) is 0.698. The average Bonchev–Trinajstić information content (AvgIpc) is 3.10. The summed E-state index contributed by atoms with van der Waals surface area (Å²) in [5.74, 6) is 0.229. The maximum Gasteiger partial charge on any atom is 0.307 e. The van der Waals surface area contributed by atoms with Crippen LogP contribution < -0.4 is 0 Å². The summed E-state index contributed by atoms with van der Waals surface area (Å²) in [5.41, 5.74) is 1.78. The van der Waals surface area contributed by atoms with E-state index in [9.17, 15) is 9.59 Å². The summed E-state index contributed by atoms with van der Waals surface area (Å²) in [6, 6.07) is 11.2. The lowest BCUT2D eigenvalue weighted by atomic mass is 9.86. The first kappa shape index (κ1) is 19.8. The minimum absolute atomic E-state index is 0.0271. The number of carbonyl (C=O) groups is 2. The van der Waals surface area contributed by atoms with Crippen molar-refractivity contribution in [2.24, 2.45) is 0 Å². The maximum absolute atomic E-state index is 12.9. The van der Waals surface area contributed by atoms with Crippen LogP contribution in [0.15, 0.2) is 47.1 Å². The molecule has 1 aromatic carbocycles. The van der Waals surface area contributed by atoms with Crippen LogP contribution in [0.4, 0.5) is 0 Å². The Hall–Kier alpha value is -2.56. The molecule has 0 saturated heterocycles. The van der Waals surface area contributed by atoms with Gasteiger partial charge in [-0.15, -0.1) is 0 Å². The zero-order valence-electron chi connectivity index (χ0n) is 16.0. The number of amides is 1. The van der Waals surface area contributed by atoms with Crippen LogP contribution in [-0.4, -0.2) is 29.9 Å². The van der Waals surface area contributed by atoms with Crippen LogP contribution in [0.1, 0.15) is 55.8 Å². The third-order valence-corrected chi connectivity index (χ3v) is 4.10. The van der Waals surface area contributed by atoms with Gasteiger partial charge in [-0.3, -0.25) is 9.59 Å². The number of ether oxygens (including phenoxy) is 1. The molecule has 0 aliphatic carbocycles. The molecule has 0 saturated carbocycles. The lowest BCUT2D eigenvalue weighted by Gasteiger charge is -2.23. The maximum atomic E-state index is 12.9. The van der Waals surface area contributed by atoms with Crippen molar-refractivity contribution in [1.29, 1.82) is 0 Å². The minimum atomic E-state index is -0.312. The number of benzene rings is 1. The Bertz CT molecular complexity index is 711. The van der Waals surface area contributed by atoms with Gasteiger partial charge < -0.3 is 14.1 Å². The van der Waals surface area contributed by atoms with Gasteiger partial charge in [0.1, 0.15) is 5.76 Å². The van der Waals surface area contributed by atoms with Gasteiger partial charge in [-0.1, -0.05) is 32.9 Å². The first-order valence-corrected chi connectivity index (χ1v) is 8.89. The molecule has 0 fully saturated rings. The van der Waals surface area contributed by atoms with Crippen molar-refractivity contribution in [2.45, 2.75) is 46.1 Å². The summed E-state index contributed by atoms with van der Waals surface area (Å²) < 4.78 is 10.3. The van der Waals surface area contributed by atoms with Crippen LogP contribution in [0.2, 0.25) is 0 Å². The van der Waals surface area contributed by atoms with Crippen LogP contribution in [0.3, 0.4) is 0 Å². The highest BCUT2D eigenvalue weighted by Gasteiger charge is 2.20. The molecular weight excluding hydrogens is 330 g/mol. The molecule has 140 valence electrons. The largest absolute Gasteiger partial charge is 0.467 e. The van der Waals surface area contributed by atoms with Gasteiger partial charge in [-0.25, -0.2) is 0 Å². The Morgan fingerprint density at radius 1 is 1.12 bits per heavy atom. The van der Waals surface area contributed by atoms with Crippen molar-refractivity contribution in [3.8, 4) is 0 Å². The molecule has 1 aromatic heterocycles. The second kappa shape index (κ2) is 8.70. The van der Waals surface area contributed by atoms with Crippen molar-refractivity contribution < 1.29 is 18.7 Å². The summed E-state index contributed by atoms with van der Waals surface area (Å²) in [4.78, 5) is 26.2. The van der Waals surface area contributed by atoms with E-state index in [-0.39, 0.29) is 30.3 Å². The van der Waals surface area contributed by atoms with Crippen LogP contribution in [0, 0.1) is 0 Å². The molecule has 0 aliphatic rings. The second-order valence-corrected chi connectivity index (χ2v) is 7.19. The number of hydrogen-bond donors (Lipinski definition) is 0. The topological polar surface area (TPSA) is 59.8 Å². The molecule has 0 atom stereocenters. The number of hydrogen-bond acceptors (Lipinski definition) is 4. The zero-order chi connectivity index (χ0) is 19.2. The second-order valence-electron chi connectivity index (χ2n) is 7.19. The standard InChI is InChI=1S/C21H27NO4/c1-5-25-19(23)12-13-22(15-18-7-6-14-26-18)20(24)16-8-10-17(11-9-16)21(2,3)4/h6-11,14H,5,12-13,15H2,1-4H3. The number of furan rings is 1. The molecule has 1 heterocycles. The monoisotopic (exact) mass is 357 g/mol. The zero-order valence-corrected chi connectivity index (χ0v) is 16.0. The molecule has 2 aromatic rings. The molecule has 0 radical (unpaired) electrons. The van der Waals surface area contributed by atoms with Gasteiger partial charge in [0.2, 0.25) is 0 Å². The number of esters is 1. The van der Waals surface area contributed by atoms with Crippen LogP contribution in [0.5, 0.6) is 0 Å². The van der Waals surface area contributed by atoms with Gasteiger partial charge in [0.05, 0.1) is 25.8 Å². The molecule has 0 spiro atoms. The van der Waals surface area contributed by atoms with E-state index >= 15 is 0 Å². The summed E-state index contributed by atoms with van der Waals surface area (Å²) in [5, 5.41) is 0. The molecule has 0 unspecified atom stereocenters. The highest BCUT2D eigenvalue weighted by atomic mass is 16.5. The van der Waals surface area contributed by atoms with Gasteiger partial charge in [0.25, 0.3) is 5.91 Å². The number of nitrogens with zero attached hydrogens (tertiary/aromatic N) is 1. The van der Waals surface area contributed by atoms with Crippen molar-refractivity contribution in [3.05, 3.63) is 59.5 Å². The Morgan fingerprint density at radius 3 is 2.35 bits per heavy atom. The summed E-state index contributed by atoms with van der Waals surface area (Å²) >= 11 is 0. The molecule has 0 N–H and O–H groups in total. The molecule has 0 bridgehead atoms. The van der Waals surface area contributed by atoms with E-state index in [0.717, 1.165) is 5.56 Å². The van der Waals surface area contributed by atoms with Crippen LogP contribution in [-0.2, 0) is 21.5 Å². The van der Waals surface area contributed by atoms with Crippen molar-refractivity contribution in [3.63, 3.8) is 0 Å². The molecule has 5 nitrogen and oxygen atoms in total. The van der Waals surface area contributed by atoms with E-state index in [1.807, 2.05) is 30.3 Å². The fourth-order valence-electron chi connectivity index (χ4n) is 2.60. The summed E-state index contributed by atoms with van der Waals surface area (Å²) in [6.45, 7) is 9.08. The Kier molecular flexibility index (Phi) is 6.61. The van der Waals surface area contributed by atoms with E-state index < -0.39 is 0 Å². The first-order valence-electron chi connectivity index (χ1n) is 8.89. The Labute approximate surface area is 154 Å². The molecule has 2 rings (SSSR count). The highest BCUT2D eigenvalue weighted by Crippen LogP contribution is 2.23. The van der Waals surface area contributed by atoms with Crippen LogP contribution >= 0.6 is 0 Å². The molecular formula is C21H27NO4. The Morgan fingerprint density at radius 2 is 1.81 bits per heavy atom. The van der Waals surface area contributed by atoms with Gasteiger partial charge in [0.15, 0.2) is 0 Å². The van der Waals surface area contributed by atoms with Crippen molar-refractivity contribution >= 4 is 11.9 Å². The third kappa shape index (κ3) is 5.48. The number of rotatable bonds is 7. The van der Waals surface area contributed by atoms with E-state index in [1.165, 1.54) is 0 Å². The Balaban J connectivity index is 2.14. The minimum Gasteiger partial charge on any atom is -0.467 e. The predicted octanol–water partition coefficient (Wildman–Crippen LogP) is 4.17. The van der Waals surface area contributed by atoms with Crippen molar-refractivity contribution in [1.82, 2.24) is 4.90 Å². The third-order valence-electron chi connectivity index (χ3n) is 4.10. The molecule has 26 heavy (non-hydrogen) atoms. The van der Waals surface area contributed by atoms with Gasteiger partial charge in [0, 0.05) is 12.1 Å². The van der Waals surface area contributed by atoms with Crippen molar-refractivity contribution in [2.75, 3.05) is 13.2 Å². The summed E-state index contributed by atoms with van der Waals surface area (Å²) in [7, 11) is 0. The SMILES string of the molecule is CCOC(=O)CCN(Cc1ccco1)C(=O)c1ccc(C(C)(C)C)cc1. The lowest BCUT2D eigenvalue weighted by molar-refractivity contribution is -0.143. The average molecular weight is 357 g/mol. The van der Waals surface area contributed by atoms with E-state index in [1.54, 1.807) is 24.2 Å². The first-order chi connectivity index (χ1) is 12.3. The van der Waals surface area contributed by atoms with Gasteiger partial charge in [-0.2, -0.15) is 0 Å². The predicted molar refractivity (Wildman–Crippen MR) is 99.8 cm³/mol. The molecule has 1 amide bonds. The smallest absolute Gasteiger partial charge is 0.307 e. The normalized spacial score (nSPS) is 11.2. The van der Waals surface area contributed by atoms with E-state index in [4.69, 9.17) is 9.15 Å². The molecule has 5 heteroatoms. The van der Waals surface area contributed by atoms with Gasteiger partial charge >= 0.3 is 5.97 Å². The van der Waals surface area contributed by atoms with Crippen LogP contribution in [0.25, 0.3) is 0 Å². The van der Waals surface area contributed by atoms with Gasteiger partial charge in [-0.05, 0) is 42.2 Å². The summed E-state index contributed by atoms with van der Waals surface area (Å²) in [6.07, 6.45) is 1.72. The number of carbonyl (C=O) groups excluding carboxylic acids is 2. The van der Waals surface area contributed by atoms with E-state index in [2.05, 4.69) is 20.8 Å². The fraction of sp³-hybridized carbons (Fsp3) is 0.429.